The van der Waals surface area contributed by atoms with Crippen LogP contribution in [-0.4, -0.2) is 68.7 Å². The lowest BCUT2D eigenvalue weighted by Gasteiger charge is -2.45. The number of likely N-dealkylation sites (tertiary alicyclic amines) is 1. The number of carbonyl (C=O) groups excluding carboxylic acids is 4. The molecule has 1 saturated heterocycles. The van der Waals surface area contributed by atoms with Crippen molar-refractivity contribution in [1.29, 1.82) is 0 Å². The van der Waals surface area contributed by atoms with E-state index in [1.807, 2.05) is 37.3 Å². The zero-order valence-corrected chi connectivity index (χ0v) is 28.3. The Labute approximate surface area is 280 Å². The van der Waals surface area contributed by atoms with Crippen molar-refractivity contribution in [2.24, 2.45) is 5.92 Å². The Morgan fingerprint density at radius 1 is 0.896 bits per heavy atom. The number of β-lactam (4-membered cyclic amide) rings is 1. The summed E-state index contributed by atoms with van der Waals surface area (Å²) in [5, 5.41) is 9.29. The molecule has 0 saturated carbocycles. The van der Waals surface area contributed by atoms with Crippen molar-refractivity contribution >= 4 is 41.8 Å². The maximum Gasteiger partial charge on any atom is 0.460 e. The highest BCUT2D eigenvalue weighted by molar-refractivity contribution is 7.16. The number of ether oxygens (including phenoxy) is 3. The maximum absolute atomic E-state index is 13.6. The first kappa shape index (κ1) is 35.9. The topological polar surface area (TPSA) is 149 Å². The first-order valence-electron chi connectivity index (χ1n) is 15.7. The number of imide groups is 1. The summed E-state index contributed by atoms with van der Waals surface area (Å²) < 4.78 is 17.2. The van der Waals surface area contributed by atoms with Gasteiger partial charge in [-0.15, -0.1) is 0 Å². The quantitative estimate of drug-likeness (QED) is 0.203. The van der Waals surface area contributed by atoms with Crippen LogP contribution >= 0.6 is 0 Å². The third-order valence-corrected chi connectivity index (χ3v) is 7.51. The van der Waals surface area contributed by atoms with E-state index in [2.05, 4.69) is 4.98 Å². The zero-order chi connectivity index (χ0) is 35.4. The number of rotatable bonds is 11. The SMILES string of the molecule is C[C@@H](CC(=O)N1C(=O)[C@H](Cc2ccnc(B(C(=O)OC(C)(C)C)C(=O)OC(C)(C)C)c2)[C@H]1Oc1ccc(C(=O)O)cc1)c1ccccc1. The average molecular weight is 657 g/mol. The number of hydrogen-bond acceptors (Lipinski definition) is 9. The third kappa shape index (κ3) is 9.08. The molecule has 48 heavy (non-hydrogen) atoms. The number of hydrogen-bond donors (Lipinski definition) is 1. The Kier molecular flexibility index (Phi) is 10.8. The normalized spacial score (nSPS) is 16.7. The maximum atomic E-state index is 13.6. The van der Waals surface area contributed by atoms with Gasteiger partial charge in [0.2, 0.25) is 11.8 Å². The zero-order valence-electron chi connectivity index (χ0n) is 28.3. The summed E-state index contributed by atoms with van der Waals surface area (Å²) in [4.78, 5) is 70.4. The fraction of sp³-hybridized carbons (Fsp3) is 0.389. The van der Waals surface area contributed by atoms with E-state index in [-0.39, 0.29) is 35.7 Å². The van der Waals surface area contributed by atoms with E-state index < -0.39 is 59.6 Å². The molecule has 1 aliphatic rings. The van der Waals surface area contributed by atoms with Gasteiger partial charge in [0.25, 0.3) is 11.7 Å². The first-order chi connectivity index (χ1) is 22.4. The van der Waals surface area contributed by atoms with Crippen LogP contribution in [0.2, 0.25) is 0 Å². The van der Waals surface area contributed by atoms with Gasteiger partial charge in [-0.25, -0.2) is 9.69 Å². The summed E-state index contributed by atoms with van der Waals surface area (Å²) >= 11 is 0. The largest absolute Gasteiger partial charge is 0.478 e. The number of nitrogens with zero attached hydrogens (tertiary/aromatic N) is 2. The molecular formula is C36H41BN2O9. The van der Waals surface area contributed by atoms with Crippen molar-refractivity contribution in [2.45, 2.75) is 84.7 Å². The second-order valence-corrected chi connectivity index (χ2v) is 13.9. The molecule has 0 spiro atoms. The number of pyridine rings is 1. The lowest BCUT2D eigenvalue weighted by atomic mass is 9.46. The van der Waals surface area contributed by atoms with Crippen molar-refractivity contribution in [1.82, 2.24) is 9.88 Å². The second-order valence-electron chi connectivity index (χ2n) is 13.9. The lowest BCUT2D eigenvalue weighted by Crippen LogP contribution is -2.66. The minimum Gasteiger partial charge on any atom is -0.478 e. The molecule has 4 rings (SSSR count). The number of benzene rings is 2. The van der Waals surface area contributed by atoms with E-state index in [1.165, 1.54) is 30.5 Å². The van der Waals surface area contributed by atoms with Crippen LogP contribution in [-0.2, 0) is 25.5 Å². The molecule has 0 aliphatic carbocycles. The molecule has 3 atom stereocenters. The van der Waals surface area contributed by atoms with Crippen LogP contribution in [0.15, 0.2) is 72.9 Å². The van der Waals surface area contributed by atoms with Crippen molar-refractivity contribution in [2.75, 3.05) is 0 Å². The van der Waals surface area contributed by atoms with E-state index in [1.54, 1.807) is 53.7 Å². The minimum atomic E-state index is -1.47. The number of carboxylic acids is 1. The van der Waals surface area contributed by atoms with E-state index >= 15 is 0 Å². The molecule has 2 aromatic carbocycles. The number of aromatic carboxylic acids is 1. The molecule has 3 aromatic rings. The second kappa shape index (κ2) is 14.4. The Balaban J connectivity index is 1.62. The van der Waals surface area contributed by atoms with Crippen LogP contribution in [0.3, 0.4) is 0 Å². The molecule has 12 heteroatoms. The van der Waals surface area contributed by atoms with E-state index in [0.29, 0.717) is 5.56 Å². The third-order valence-electron chi connectivity index (χ3n) is 7.51. The smallest absolute Gasteiger partial charge is 0.460 e. The number of carboxylic acid groups (broad SMARTS) is 1. The molecule has 11 nitrogen and oxygen atoms in total. The molecule has 0 unspecified atom stereocenters. The first-order valence-corrected chi connectivity index (χ1v) is 15.7. The average Bonchev–Trinajstić information content (AvgIpc) is 2.99. The summed E-state index contributed by atoms with van der Waals surface area (Å²) in [5.74, 6) is -4.30. The van der Waals surface area contributed by atoms with Gasteiger partial charge in [-0.2, -0.15) is 0 Å². The molecule has 1 aliphatic heterocycles. The van der Waals surface area contributed by atoms with Gasteiger partial charge < -0.3 is 19.3 Å². The van der Waals surface area contributed by atoms with Crippen molar-refractivity contribution < 1.29 is 43.3 Å². The van der Waals surface area contributed by atoms with Gasteiger partial charge in [-0.05, 0) is 101 Å². The van der Waals surface area contributed by atoms with Gasteiger partial charge in [-0.3, -0.25) is 24.2 Å². The van der Waals surface area contributed by atoms with Gasteiger partial charge in [0.05, 0.1) is 11.5 Å². The molecule has 1 N–H and O–H groups in total. The van der Waals surface area contributed by atoms with Crippen molar-refractivity contribution in [3.63, 3.8) is 0 Å². The summed E-state index contributed by atoms with van der Waals surface area (Å²) in [5.41, 5.74) is -0.0968. The molecule has 0 bridgehead atoms. The predicted octanol–water partition coefficient (Wildman–Crippen LogP) is 5.64. The summed E-state index contributed by atoms with van der Waals surface area (Å²) in [6, 6.07) is 18.4. The minimum absolute atomic E-state index is 0.0575. The fourth-order valence-electron chi connectivity index (χ4n) is 5.28. The molecule has 0 radical (unpaired) electrons. The van der Waals surface area contributed by atoms with Gasteiger partial charge in [0.1, 0.15) is 17.0 Å². The Morgan fingerprint density at radius 2 is 1.48 bits per heavy atom. The number of aromatic nitrogens is 1. The Bertz CT molecular complexity index is 1640. The van der Waals surface area contributed by atoms with Gasteiger partial charge in [-0.1, -0.05) is 37.3 Å². The Morgan fingerprint density at radius 3 is 2.02 bits per heavy atom. The molecule has 1 aromatic heterocycles. The standard InChI is InChI=1S/C36H41BN2O9/c1-22(24-11-9-8-10-12-24)19-29(40)39-30(41)27(31(39)46-26-15-13-25(14-16-26)32(42)43)20-23-17-18-38-28(21-23)37(33(44)47-35(2,3)4)34(45)48-36(5,6)7/h8-18,21-22,27,31H,19-20H2,1-7H3,(H,42,43)/t22-,27-,31+/m0/s1. The van der Waals surface area contributed by atoms with Crippen molar-refractivity contribution in [3.05, 3.63) is 89.6 Å². The molecule has 1 fully saturated rings. The highest BCUT2D eigenvalue weighted by Gasteiger charge is 2.52. The fourth-order valence-corrected chi connectivity index (χ4v) is 5.28. The molecule has 252 valence electrons. The van der Waals surface area contributed by atoms with Crippen molar-refractivity contribution in [3.8, 4) is 5.75 Å². The van der Waals surface area contributed by atoms with Gasteiger partial charge in [0, 0.05) is 18.2 Å². The van der Waals surface area contributed by atoms with Crippen LogP contribution in [0.5, 0.6) is 5.75 Å². The number of amides is 2. The van der Waals surface area contributed by atoms with E-state index in [0.717, 1.165) is 10.5 Å². The van der Waals surface area contributed by atoms with Crippen LogP contribution in [0.1, 0.15) is 82.3 Å². The van der Waals surface area contributed by atoms with Crippen LogP contribution in [0, 0.1) is 5.92 Å². The highest BCUT2D eigenvalue weighted by Crippen LogP contribution is 2.34. The van der Waals surface area contributed by atoms with Gasteiger partial charge >= 0.3 is 12.7 Å². The number of carbonyl (C=O) groups is 5. The van der Waals surface area contributed by atoms with Crippen LogP contribution in [0.4, 0.5) is 9.59 Å². The van der Waals surface area contributed by atoms with Crippen LogP contribution < -0.4 is 10.3 Å². The van der Waals surface area contributed by atoms with Crippen LogP contribution in [0.25, 0.3) is 0 Å². The summed E-state index contributed by atoms with van der Waals surface area (Å²) in [7, 11) is 0. The van der Waals surface area contributed by atoms with Gasteiger partial charge in [0.15, 0.2) is 6.23 Å². The Hall–Kier alpha value is -5.00. The molecule has 2 heterocycles. The summed E-state index contributed by atoms with van der Waals surface area (Å²) in [6.07, 6.45) is 0.598. The van der Waals surface area contributed by atoms with E-state index in [9.17, 15) is 29.1 Å². The monoisotopic (exact) mass is 656 g/mol. The van der Waals surface area contributed by atoms with E-state index in [4.69, 9.17) is 14.2 Å². The lowest BCUT2D eigenvalue weighted by molar-refractivity contribution is -0.183. The molecule has 2 amide bonds. The highest BCUT2D eigenvalue weighted by atomic mass is 16.6. The molecular weight excluding hydrogens is 615 g/mol. The summed E-state index contributed by atoms with van der Waals surface area (Å²) in [6.45, 7) is 10.5. The predicted molar refractivity (Wildman–Crippen MR) is 178 cm³/mol.